The molecule has 0 unspecified atom stereocenters. The lowest BCUT2D eigenvalue weighted by atomic mass is 10.1. The van der Waals surface area contributed by atoms with Gasteiger partial charge in [-0.2, -0.15) is 0 Å². The summed E-state index contributed by atoms with van der Waals surface area (Å²) in [5.41, 5.74) is 0.688. The van der Waals surface area contributed by atoms with Gasteiger partial charge in [0.05, 0.1) is 16.8 Å². The second-order valence-corrected chi connectivity index (χ2v) is 6.10. The SMILES string of the molecule is O=C(Nc1ccc(-c2cc3c(cc2Cl)OC(F)(F)O3)cn1)c1ccncc1F. The van der Waals surface area contributed by atoms with E-state index in [9.17, 15) is 18.0 Å². The van der Waals surface area contributed by atoms with Gasteiger partial charge in [0.25, 0.3) is 5.91 Å². The first-order valence-electron chi connectivity index (χ1n) is 7.79. The van der Waals surface area contributed by atoms with Crippen molar-refractivity contribution in [2.45, 2.75) is 6.29 Å². The number of aromatic nitrogens is 2. The highest BCUT2D eigenvalue weighted by Crippen LogP contribution is 2.45. The van der Waals surface area contributed by atoms with Crippen LogP contribution in [0.2, 0.25) is 5.02 Å². The Bertz CT molecular complexity index is 1080. The third-order valence-corrected chi connectivity index (χ3v) is 4.14. The second kappa shape index (κ2) is 6.68. The number of amides is 1. The predicted octanol–water partition coefficient (Wildman–Crippen LogP) is 4.51. The summed E-state index contributed by atoms with van der Waals surface area (Å²) >= 11 is 6.13. The number of benzene rings is 1. The van der Waals surface area contributed by atoms with E-state index in [1.165, 1.54) is 36.7 Å². The minimum Gasteiger partial charge on any atom is -0.395 e. The van der Waals surface area contributed by atoms with Crippen LogP contribution in [0.15, 0.2) is 48.9 Å². The number of fused-ring (bicyclic) bond motifs is 1. The molecule has 4 rings (SSSR count). The van der Waals surface area contributed by atoms with Crippen molar-refractivity contribution in [3.63, 3.8) is 0 Å². The van der Waals surface area contributed by atoms with Crippen LogP contribution >= 0.6 is 11.6 Å². The molecule has 1 aromatic carbocycles. The zero-order chi connectivity index (χ0) is 19.9. The molecule has 2 aromatic heterocycles. The van der Waals surface area contributed by atoms with Crippen LogP contribution in [0.4, 0.5) is 19.0 Å². The summed E-state index contributed by atoms with van der Waals surface area (Å²) in [7, 11) is 0. The first kappa shape index (κ1) is 18.1. The van der Waals surface area contributed by atoms with Crippen LogP contribution < -0.4 is 14.8 Å². The van der Waals surface area contributed by atoms with Crippen LogP contribution in [0.1, 0.15) is 10.4 Å². The lowest BCUT2D eigenvalue weighted by Crippen LogP contribution is -2.25. The molecule has 0 aliphatic carbocycles. The van der Waals surface area contributed by atoms with Crippen LogP contribution in [0.3, 0.4) is 0 Å². The number of ether oxygens (including phenoxy) is 2. The average Bonchev–Trinajstić information content (AvgIpc) is 2.95. The maximum Gasteiger partial charge on any atom is 0.586 e. The van der Waals surface area contributed by atoms with Gasteiger partial charge in [0.2, 0.25) is 0 Å². The Labute approximate surface area is 160 Å². The molecule has 0 spiro atoms. The summed E-state index contributed by atoms with van der Waals surface area (Å²) in [6.07, 6.45) is -0.157. The second-order valence-electron chi connectivity index (χ2n) is 5.69. The van der Waals surface area contributed by atoms with Gasteiger partial charge in [-0.3, -0.25) is 9.78 Å². The molecule has 28 heavy (non-hydrogen) atoms. The lowest BCUT2D eigenvalue weighted by Gasteiger charge is -2.08. The highest BCUT2D eigenvalue weighted by Gasteiger charge is 2.43. The van der Waals surface area contributed by atoms with E-state index in [1.807, 2.05) is 0 Å². The quantitative estimate of drug-likeness (QED) is 0.691. The maximum atomic E-state index is 13.6. The van der Waals surface area contributed by atoms with Crippen molar-refractivity contribution in [1.29, 1.82) is 0 Å². The van der Waals surface area contributed by atoms with Gasteiger partial charge in [0.1, 0.15) is 5.82 Å². The molecular formula is C18H9ClF3N3O3. The summed E-state index contributed by atoms with van der Waals surface area (Å²) < 4.78 is 48.7. The number of carbonyl (C=O) groups is 1. The Morgan fingerprint density at radius 2 is 1.86 bits per heavy atom. The largest absolute Gasteiger partial charge is 0.586 e. The molecule has 0 bridgehead atoms. The van der Waals surface area contributed by atoms with E-state index in [1.54, 1.807) is 6.07 Å². The third kappa shape index (κ3) is 3.44. The van der Waals surface area contributed by atoms with Crippen LogP contribution in [0.5, 0.6) is 11.5 Å². The molecule has 1 N–H and O–H groups in total. The van der Waals surface area contributed by atoms with Crippen LogP contribution in [-0.4, -0.2) is 22.2 Å². The van der Waals surface area contributed by atoms with Gasteiger partial charge in [-0.15, -0.1) is 8.78 Å². The van der Waals surface area contributed by atoms with Crippen molar-refractivity contribution in [2.75, 3.05) is 5.32 Å². The Hall–Kier alpha value is -3.33. The van der Waals surface area contributed by atoms with Crippen LogP contribution in [0, 0.1) is 5.82 Å². The Kier molecular flexibility index (Phi) is 4.31. The number of anilines is 1. The number of nitrogens with zero attached hydrogens (tertiary/aromatic N) is 2. The van der Waals surface area contributed by atoms with Crippen molar-refractivity contribution in [3.05, 3.63) is 65.3 Å². The molecule has 0 fully saturated rings. The number of carbonyl (C=O) groups excluding carboxylic acids is 1. The van der Waals surface area contributed by atoms with Gasteiger partial charge < -0.3 is 14.8 Å². The molecule has 3 heterocycles. The fraction of sp³-hybridized carbons (Fsp3) is 0.0556. The fourth-order valence-electron chi connectivity index (χ4n) is 2.56. The van der Waals surface area contributed by atoms with Crippen molar-refractivity contribution in [1.82, 2.24) is 9.97 Å². The number of pyridine rings is 2. The molecule has 1 amide bonds. The topological polar surface area (TPSA) is 73.3 Å². The molecule has 0 atom stereocenters. The number of hydrogen-bond acceptors (Lipinski definition) is 5. The molecule has 142 valence electrons. The molecular weight excluding hydrogens is 399 g/mol. The smallest absolute Gasteiger partial charge is 0.395 e. The minimum absolute atomic E-state index is 0.150. The van der Waals surface area contributed by atoms with Gasteiger partial charge in [-0.05, 0) is 24.3 Å². The molecule has 0 radical (unpaired) electrons. The minimum atomic E-state index is -3.75. The summed E-state index contributed by atoms with van der Waals surface area (Å²) in [5, 5.41) is 2.60. The molecule has 0 saturated carbocycles. The van der Waals surface area contributed by atoms with Crippen LogP contribution in [-0.2, 0) is 0 Å². The van der Waals surface area contributed by atoms with Crippen molar-refractivity contribution < 1.29 is 27.4 Å². The first-order chi connectivity index (χ1) is 13.3. The van der Waals surface area contributed by atoms with Crippen LogP contribution in [0.25, 0.3) is 11.1 Å². The van der Waals surface area contributed by atoms with Gasteiger partial charge >= 0.3 is 6.29 Å². The van der Waals surface area contributed by atoms with E-state index >= 15 is 0 Å². The number of alkyl halides is 2. The fourth-order valence-corrected chi connectivity index (χ4v) is 2.83. The standard InChI is InChI=1S/C18H9ClF3N3O3/c19-12-6-15-14(27-18(21,22)28-15)5-11(12)9-1-2-16(24-7-9)25-17(26)10-3-4-23-8-13(10)20/h1-8H,(H,24,25,26). The Balaban J connectivity index is 1.56. The number of nitrogens with one attached hydrogen (secondary N) is 1. The van der Waals surface area contributed by atoms with Gasteiger partial charge in [0, 0.05) is 29.6 Å². The van der Waals surface area contributed by atoms with E-state index in [-0.39, 0.29) is 27.9 Å². The van der Waals surface area contributed by atoms with Gasteiger partial charge in [-0.25, -0.2) is 9.37 Å². The van der Waals surface area contributed by atoms with Gasteiger partial charge in [0.15, 0.2) is 17.3 Å². The molecule has 6 nitrogen and oxygen atoms in total. The number of halogens is 4. The van der Waals surface area contributed by atoms with E-state index in [0.29, 0.717) is 11.1 Å². The normalized spacial score (nSPS) is 14.0. The summed E-state index contributed by atoms with van der Waals surface area (Å²) in [6.45, 7) is 0. The highest BCUT2D eigenvalue weighted by molar-refractivity contribution is 6.33. The molecule has 10 heteroatoms. The summed E-state index contributed by atoms with van der Waals surface area (Å²) in [6, 6.07) is 6.78. The van der Waals surface area contributed by atoms with E-state index in [2.05, 4.69) is 24.8 Å². The molecule has 0 saturated heterocycles. The lowest BCUT2D eigenvalue weighted by molar-refractivity contribution is -0.286. The summed E-state index contributed by atoms with van der Waals surface area (Å²) in [4.78, 5) is 19.7. The predicted molar refractivity (Wildman–Crippen MR) is 93.0 cm³/mol. The van der Waals surface area contributed by atoms with E-state index in [4.69, 9.17) is 11.6 Å². The van der Waals surface area contributed by atoms with Crippen molar-refractivity contribution in [3.8, 4) is 22.6 Å². The highest BCUT2D eigenvalue weighted by atomic mass is 35.5. The third-order valence-electron chi connectivity index (χ3n) is 3.82. The zero-order valence-electron chi connectivity index (χ0n) is 13.7. The molecule has 1 aliphatic rings. The summed E-state index contributed by atoms with van der Waals surface area (Å²) in [5.74, 6) is -1.62. The molecule has 1 aliphatic heterocycles. The monoisotopic (exact) mass is 407 g/mol. The van der Waals surface area contributed by atoms with Gasteiger partial charge in [-0.1, -0.05) is 11.6 Å². The van der Waals surface area contributed by atoms with Crippen molar-refractivity contribution >= 4 is 23.3 Å². The Morgan fingerprint density at radius 3 is 2.54 bits per heavy atom. The van der Waals surface area contributed by atoms with Crippen molar-refractivity contribution in [2.24, 2.45) is 0 Å². The average molecular weight is 408 g/mol. The van der Waals surface area contributed by atoms with E-state index in [0.717, 1.165) is 6.20 Å². The molecule has 3 aromatic rings. The first-order valence-corrected chi connectivity index (χ1v) is 8.17. The number of rotatable bonds is 3. The Morgan fingerprint density at radius 1 is 1.11 bits per heavy atom. The maximum absolute atomic E-state index is 13.6. The zero-order valence-corrected chi connectivity index (χ0v) is 14.5. The number of hydrogen-bond donors (Lipinski definition) is 1. The van der Waals surface area contributed by atoms with E-state index < -0.39 is 18.0 Å².